The SMILES string of the molecule is CCCc1c(C)cc(O)cc1C(C)C. The molecule has 0 aromatic heterocycles. The minimum Gasteiger partial charge on any atom is -0.508 e. The summed E-state index contributed by atoms with van der Waals surface area (Å²) in [6, 6.07) is 3.76. The third kappa shape index (κ3) is 2.28. The van der Waals surface area contributed by atoms with Gasteiger partial charge in [-0.05, 0) is 48.1 Å². The second kappa shape index (κ2) is 4.50. The molecule has 1 nitrogen and oxygen atoms in total. The Bertz CT molecular complexity index is 313. The van der Waals surface area contributed by atoms with Crippen molar-refractivity contribution in [3.05, 3.63) is 28.8 Å². The molecule has 0 spiro atoms. The molecule has 1 heteroatoms. The minimum absolute atomic E-state index is 0.394. The molecule has 78 valence electrons. The van der Waals surface area contributed by atoms with Crippen LogP contribution in [-0.2, 0) is 6.42 Å². The van der Waals surface area contributed by atoms with E-state index in [9.17, 15) is 5.11 Å². The van der Waals surface area contributed by atoms with Gasteiger partial charge in [0.05, 0.1) is 0 Å². The summed E-state index contributed by atoms with van der Waals surface area (Å²) in [4.78, 5) is 0. The molecule has 0 heterocycles. The molecule has 0 saturated heterocycles. The average molecular weight is 192 g/mol. The molecule has 1 N–H and O–H groups in total. The van der Waals surface area contributed by atoms with Crippen LogP contribution in [0.2, 0.25) is 0 Å². The van der Waals surface area contributed by atoms with Crippen molar-refractivity contribution in [2.45, 2.75) is 46.5 Å². The monoisotopic (exact) mass is 192 g/mol. The van der Waals surface area contributed by atoms with Crippen molar-refractivity contribution >= 4 is 0 Å². The summed E-state index contributed by atoms with van der Waals surface area (Å²) in [6.45, 7) is 8.62. The van der Waals surface area contributed by atoms with Gasteiger partial charge in [0, 0.05) is 0 Å². The predicted molar refractivity (Wildman–Crippen MR) is 60.9 cm³/mol. The van der Waals surface area contributed by atoms with Crippen LogP contribution in [-0.4, -0.2) is 5.11 Å². The van der Waals surface area contributed by atoms with Crippen LogP contribution in [0, 0.1) is 6.92 Å². The number of benzene rings is 1. The van der Waals surface area contributed by atoms with Crippen LogP contribution in [0.4, 0.5) is 0 Å². The summed E-state index contributed by atoms with van der Waals surface area (Å²) in [7, 11) is 0. The van der Waals surface area contributed by atoms with Crippen LogP contribution in [0.3, 0.4) is 0 Å². The van der Waals surface area contributed by atoms with Gasteiger partial charge in [-0.2, -0.15) is 0 Å². The van der Waals surface area contributed by atoms with E-state index in [1.54, 1.807) is 0 Å². The van der Waals surface area contributed by atoms with E-state index in [2.05, 4.69) is 27.7 Å². The van der Waals surface area contributed by atoms with Gasteiger partial charge >= 0.3 is 0 Å². The molecule has 0 aliphatic rings. The van der Waals surface area contributed by atoms with Crippen LogP contribution in [0.5, 0.6) is 5.75 Å². The number of phenolic OH excluding ortho intramolecular Hbond substituents is 1. The first-order chi connectivity index (χ1) is 6.56. The van der Waals surface area contributed by atoms with Gasteiger partial charge in [0.2, 0.25) is 0 Å². The second-order valence-electron chi connectivity index (χ2n) is 4.24. The lowest BCUT2D eigenvalue weighted by Crippen LogP contribution is -1.99. The molecule has 0 radical (unpaired) electrons. The molecule has 1 aromatic carbocycles. The summed E-state index contributed by atoms with van der Waals surface area (Å²) < 4.78 is 0. The van der Waals surface area contributed by atoms with E-state index in [-0.39, 0.29) is 0 Å². The largest absolute Gasteiger partial charge is 0.508 e. The molecule has 0 saturated carbocycles. The van der Waals surface area contributed by atoms with Crippen molar-refractivity contribution in [3.8, 4) is 5.75 Å². The van der Waals surface area contributed by atoms with Gasteiger partial charge in [-0.25, -0.2) is 0 Å². The van der Waals surface area contributed by atoms with Crippen LogP contribution in [0.15, 0.2) is 12.1 Å². The Hall–Kier alpha value is -0.980. The maximum atomic E-state index is 9.54. The van der Waals surface area contributed by atoms with E-state index < -0.39 is 0 Å². The van der Waals surface area contributed by atoms with Gasteiger partial charge in [0.15, 0.2) is 0 Å². The summed E-state index contributed by atoms with van der Waals surface area (Å²) in [5, 5.41) is 9.54. The summed E-state index contributed by atoms with van der Waals surface area (Å²) >= 11 is 0. The molecule has 0 bridgehead atoms. The molecule has 1 aromatic rings. The normalized spacial score (nSPS) is 10.9. The topological polar surface area (TPSA) is 20.2 Å². The smallest absolute Gasteiger partial charge is 0.116 e. The third-order valence-electron chi connectivity index (χ3n) is 2.61. The number of hydrogen-bond acceptors (Lipinski definition) is 1. The Morgan fingerprint density at radius 3 is 2.43 bits per heavy atom. The first kappa shape index (κ1) is 11.1. The van der Waals surface area contributed by atoms with Gasteiger partial charge in [0.1, 0.15) is 5.75 Å². The summed E-state index contributed by atoms with van der Waals surface area (Å²) in [5.41, 5.74) is 3.93. The molecule has 0 unspecified atom stereocenters. The lowest BCUT2D eigenvalue weighted by molar-refractivity contribution is 0.473. The van der Waals surface area contributed by atoms with Crippen LogP contribution in [0.1, 0.15) is 49.8 Å². The number of aromatic hydroxyl groups is 1. The minimum atomic E-state index is 0.394. The highest BCUT2D eigenvalue weighted by Gasteiger charge is 2.10. The summed E-state index contributed by atoms with van der Waals surface area (Å²) in [5.74, 6) is 0.883. The molecule has 0 fully saturated rings. The van der Waals surface area contributed by atoms with Crippen LogP contribution >= 0.6 is 0 Å². The molecule has 0 aliphatic heterocycles. The fraction of sp³-hybridized carbons (Fsp3) is 0.538. The Kier molecular flexibility index (Phi) is 3.56. The molecule has 0 aliphatic carbocycles. The zero-order valence-electron chi connectivity index (χ0n) is 9.59. The lowest BCUT2D eigenvalue weighted by atomic mass is 9.91. The van der Waals surface area contributed by atoms with Crippen molar-refractivity contribution in [2.24, 2.45) is 0 Å². The van der Waals surface area contributed by atoms with Crippen molar-refractivity contribution in [1.29, 1.82) is 0 Å². The van der Waals surface area contributed by atoms with Crippen molar-refractivity contribution in [3.63, 3.8) is 0 Å². The lowest BCUT2D eigenvalue weighted by Gasteiger charge is -2.15. The number of aryl methyl sites for hydroxylation is 1. The first-order valence-electron chi connectivity index (χ1n) is 5.38. The first-order valence-corrected chi connectivity index (χ1v) is 5.38. The maximum absolute atomic E-state index is 9.54. The Balaban J connectivity index is 3.21. The highest BCUT2D eigenvalue weighted by Crippen LogP contribution is 2.28. The maximum Gasteiger partial charge on any atom is 0.116 e. The van der Waals surface area contributed by atoms with Crippen molar-refractivity contribution in [1.82, 2.24) is 0 Å². The molecule has 1 rings (SSSR count). The molecule has 0 atom stereocenters. The zero-order chi connectivity index (χ0) is 10.7. The van der Waals surface area contributed by atoms with E-state index in [1.807, 2.05) is 12.1 Å². The standard InChI is InChI=1S/C13H20O/c1-5-6-12-10(4)7-11(14)8-13(12)9(2)3/h7-9,14H,5-6H2,1-4H3. The fourth-order valence-electron chi connectivity index (χ4n) is 1.93. The molecular formula is C13H20O. The van der Waals surface area contributed by atoms with Gasteiger partial charge in [-0.1, -0.05) is 27.2 Å². The van der Waals surface area contributed by atoms with Gasteiger partial charge in [-0.15, -0.1) is 0 Å². The van der Waals surface area contributed by atoms with E-state index in [0.717, 1.165) is 12.8 Å². The highest BCUT2D eigenvalue weighted by atomic mass is 16.3. The Labute approximate surface area is 86.8 Å². The Morgan fingerprint density at radius 2 is 1.93 bits per heavy atom. The van der Waals surface area contributed by atoms with Gasteiger partial charge in [-0.3, -0.25) is 0 Å². The fourth-order valence-corrected chi connectivity index (χ4v) is 1.93. The zero-order valence-corrected chi connectivity index (χ0v) is 9.59. The number of hydrogen-bond donors (Lipinski definition) is 1. The Morgan fingerprint density at radius 1 is 1.29 bits per heavy atom. The molecule has 14 heavy (non-hydrogen) atoms. The van der Waals surface area contributed by atoms with E-state index in [4.69, 9.17) is 0 Å². The third-order valence-corrected chi connectivity index (χ3v) is 2.61. The average Bonchev–Trinajstić information content (AvgIpc) is 2.09. The van der Waals surface area contributed by atoms with Crippen LogP contribution < -0.4 is 0 Å². The van der Waals surface area contributed by atoms with Crippen molar-refractivity contribution < 1.29 is 5.11 Å². The number of rotatable bonds is 3. The highest BCUT2D eigenvalue weighted by molar-refractivity contribution is 5.42. The quantitative estimate of drug-likeness (QED) is 0.772. The van der Waals surface area contributed by atoms with Crippen LogP contribution in [0.25, 0.3) is 0 Å². The second-order valence-corrected chi connectivity index (χ2v) is 4.24. The van der Waals surface area contributed by atoms with E-state index in [0.29, 0.717) is 11.7 Å². The van der Waals surface area contributed by atoms with Crippen molar-refractivity contribution in [2.75, 3.05) is 0 Å². The van der Waals surface area contributed by atoms with Gasteiger partial charge in [0.25, 0.3) is 0 Å². The molecule has 0 amide bonds. The predicted octanol–water partition coefficient (Wildman–Crippen LogP) is 3.78. The number of phenols is 1. The van der Waals surface area contributed by atoms with Gasteiger partial charge < -0.3 is 5.11 Å². The molecular weight excluding hydrogens is 172 g/mol. The summed E-state index contributed by atoms with van der Waals surface area (Å²) in [6.07, 6.45) is 2.27. The van der Waals surface area contributed by atoms with E-state index in [1.165, 1.54) is 16.7 Å². The van der Waals surface area contributed by atoms with E-state index >= 15 is 0 Å².